The highest BCUT2D eigenvalue weighted by molar-refractivity contribution is 5.95. The Balaban J connectivity index is 2.73. The molecule has 1 aromatic rings. The Morgan fingerprint density at radius 1 is 1.47 bits per heavy atom. The Morgan fingerprint density at radius 2 is 2.13 bits per heavy atom. The number of carbonyl (C=O) groups is 1. The summed E-state index contributed by atoms with van der Waals surface area (Å²) >= 11 is 0. The van der Waals surface area contributed by atoms with Gasteiger partial charge in [-0.15, -0.1) is 0 Å². The summed E-state index contributed by atoms with van der Waals surface area (Å²) in [6.45, 7) is 3.81. The van der Waals surface area contributed by atoms with Crippen molar-refractivity contribution >= 4 is 5.91 Å². The van der Waals surface area contributed by atoms with Crippen LogP contribution in [0.15, 0.2) is 24.3 Å². The lowest BCUT2D eigenvalue weighted by Gasteiger charge is -2.14. The lowest BCUT2D eigenvalue weighted by Crippen LogP contribution is -2.37. The zero-order valence-electron chi connectivity index (χ0n) is 9.16. The molecule has 1 atom stereocenters. The van der Waals surface area contributed by atoms with E-state index >= 15 is 0 Å². The van der Waals surface area contributed by atoms with Crippen LogP contribution in [0.25, 0.3) is 0 Å². The van der Waals surface area contributed by atoms with Crippen LogP contribution in [0.2, 0.25) is 0 Å². The number of aliphatic hydroxyl groups excluding tert-OH is 1. The van der Waals surface area contributed by atoms with Crippen molar-refractivity contribution in [2.45, 2.75) is 26.3 Å². The molecule has 2 N–H and O–H groups in total. The normalized spacial score (nSPS) is 12.2. The van der Waals surface area contributed by atoms with Crippen LogP contribution < -0.4 is 5.32 Å². The molecule has 0 aromatic heterocycles. The van der Waals surface area contributed by atoms with Crippen molar-refractivity contribution in [1.82, 2.24) is 5.32 Å². The van der Waals surface area contributed by atoms with E-state index < -0.39 is 0 Å². The van der Waals surface area contributed by atoms with E-state index in [9.17, 15) is 4.79 Å². The molecule has 1 rings (SSSR count). The van der Waals surface area contributed by atoms with Gasteiger partial charge in [-0.1, -0.05) is 25.1 Å². The van der Waals surface area contributed by atoms with Gasteiger partial charge in [-0.25, -0.2) is 0 Å². The van der Waals surface area contributed by atoms with Crippen molar-refractivity contribution in [3.63, 3.8) is 0 Å². The summed E-state index contributed by atoms with van der Waals surface area (Å²) in [6.07, 6.45) is 0.730. The van der Waals surface area contributed by atoms with E-state index in [1.807, 2.05) is 32.0 Å². The summed E-state index contributed by atoms with van der Waals surface area (Å²) in [5, 5.41) is 11.8. The Hall–Kier alpha value is -1.35. The van der Waals surface area contributed by atoms with E-state index in [1.165, 1.54) is 0 Å². The van der Waals surface area contributed by atoms with Crippen molar-refractivity contribution in [2.75, 3.05) is 6.61 Å². The lowest BCUT2D eigenvalue weighted by atomic mass is 10.1. The average Bonchev–Trinajstić information content (AvgIpc) is 2.26. The molecular weight excluding hydrogens is 190 g/mol. The molecule has 1 unspecified atom stereocenters. The second-order valence-corrected chi connectivity index (χ2v) is 3.58. The minimum Gasteiger partial charge on any atom is -0.394 e. The van der Waals surface area contributed by atoms with Crippen LogP contribution in [0, 0.1) is 6.92 Å². The fraction of sp³-hybridized carbons (Fsp3) is 0.417. The zero-order valence-corrected chi connectivity index (χ0v) is 9.16. The van der Waals surface area contributed by atoms with Crippen LogP contribution in [0.3, 0.4) is 0 Å². The predicted octanol–water partition coefficient (Wildman–Crippen LogP) is 1.50. The van der Waals surface area contributed by atoms with Crippen molar-refractivity contribution in [1.29, 1.82) is 0 Å². The lowest BCUT2D eigenvalue weighted by molar-refractivity contribution is 0.0914. The number of hydrogen-bond donors (Lipinski definition) is 2. The van der Waals surface area contributed by atoms with Gasteiger partial charge in [0.15, 0.2) is 0 Å². The number of rotatable bonds is 4. The Kier molecular flexibility index (Phi) is 4.31. The van der Waals surface area contributed by atoms with Gasteiger partial charge in [0, 0.05) is 5.56 Å². The first-order chi connectivity index (χ1) is 7.19. The third-order valence-corrected chi connectivity index (χ3v) is 2.44. The molecule has 0 saturated carbocycles. The molecule has 0 bridgehead atoms. The largest absolute Gasteiger partial charge is 0.394 e. The van der Waals surface area contributed by atoms with Crippen molar-refractivity contribution in [3.05, 3.63) is 35.4 Å². The van der Waals surface area contributed by atoms with Crippen LogP contribution >= 0.6 is 0 Å². The molecule has 3 heteroatoms. The SMILES string of the molecule is CCC(CO)NC(=O)c1ccccc1C. The van der Waals surface area contributed by atoms with Crippen LogP contribution in [-0.4, -0.2) is 23.7 Å². The number of aliphatic hydroxyl groups is 1. The second-order valence-electron chi connectivity index (χ2n) is 3.58. The highest BCUT2D eigenvalue weighted by Crippen LogP contribution is 2.07. The molecule has 0 aliphatic carbocycles. The number of carbonyl (C=O) groups excluding carboxylic acids is 1. The summed E-state index contributed by atoms with van der Waals surface area (Å²) < 4.78 is 0. The molecule has 1 aromatic carbocycles. The van der Waals surface area contributed by atoms with Gasteiger partial charge in [-0.3, -0.25) is 4.79 Å². The molecule has 82 valence electrons. The molecule has 1 amide bonds. The maximum atomic E-state index is 11.8. The third-order valence-electron chi connectivity index (χ3n) is 2.44. The number of amides is 1. The topological polar surface area (TPSA) is 49.3 Å². The first-order valence-electron chi connectivity index (χ1n) is 5.16. The third kappa shape index (κ3) is 3.06. The minimum absolute atomic E-state index is 0.0197. The second kappa shape index (κ2) is 5.51. The zero-order chi connectivity index (χ0) is 11.3. The Bertz CT molecular complexity index is 332. The highest BCUT2D eigenvalue weighted by atomic mass is 16.3. The van der Waals surface area contributed by atoms with Crippen LogP contribution in [-0.2, 0) is 0 Å². The highest BCUT2D eigenvalue weighted by Gasteiger charge is 2.12. The van der Waals surface area contributed by atoms with E-state index in [-0.39, 0.29) is 18.6 Å². The summed E-state index contributed by atoms with van der Waals surface area (Å²) in [5.41, 5.74) is 1.62. The average molecular weight is 207 g/mol. The molecule has 0 heterocycles. The smallest absolute Gasteiger partial charge is 0.251 e. The maximum Gasteiger partial charge on any atom is 0.251 e. The van der Waals surface area contributed by atoms with Crippen molar-refractivity contribution < 1.29 is 9.90 Å². The van der Waals surface area contributed by atoms with Gasteiger partial charge in [0.25, 0.3) is 5.91 Å². The van der Waals surface area contributed by atoms with Gasteiger partial charge >= 0.3 is 0 Å². The molecule has 0 saturated heterocycles. The maximum absolute atomic E-state index is 11.8. The summed E-state index contributed by atoms with van der Waals surface area (Å²) in [4.78, 5) is 11.8. The molecule has 0 aliphatic rings. The van der Waals surface area contributed by atoms with Crippen molar-refractivity contribution in [3.8, 4) is 0 Å². The predicted molar refractivity (Wildman–Crippen MR) is 59.8 cm³/mol. The van der Waals surface area contributed by atoms with E-state index in [1.54, 1.807) is 6.07 Å². The molecule has 0 fully saturated rings. The Morgan fingerprint density at radius 3 is 2.67 bits per heavy atom. The van der Waals surface area contributed by atoms with Crippen LogP contribution in [0.5, 0.6) is 0 Å². The monoisotopic (exact) mass is 207 g/mol. The van der Waals surface area contributed by atoms with E-state index in [0.717, 1.165) is 12.0 Å². The van der Waals surface area contributed by atoms with Gasteiger partial charge in [0.1, 0.15) is 0 Å². The summed E-state index contributed by atoms with van der Waals surface area (Å²) in [7, 11) is 0. The quantitative estimate of drug-likeness (QED) is 0.786. The number of nitrogens with one attached hydrogen (secondary N) is 1. The summed E-state index contributed by atoms with van der Waals surface area (Å²) in [6, 6.07) is 7.26. The molecule has 0 aliphatic heterocycles. The molecule has 0 radical (unpaired) electrons. The summed E-state index contributed by atoms with van der Waals surface area (Å²) in [5.74, 6) is -0.117. The molecular formula is C12H17NO2. The molecule has 15 heavy (non-hydrogen) atoms. The number of benzene rings is 1. The van der Waals surface area contributed by atoms with Crippen molar-refractivity contribution in [2.24, 2.45) is 0 Å². The molecule has 3 nitrogen and oxygen atoms in total. The van der Waals surface area contributed by atoms with Gasteiger partial charge in [0.2, 0.25) is 0 Å². The number of hydrogen-bond acceptors (Lipinski definition) is 2. The minimum atomic E-state index is -0.155. The van der Waals surface area contributed by atoms with E-state index in [2.05, 4.69) is 5.32 Å². The molecule has 0 spiro atoms. The van der Waals surface area contributed by atoms with Crippen LogP contribution in [0.4, 0.5) is 0 Å². The van der Waals surface area contributed by atoms with Crippen LogP contribution in [0.1, 0.15) is 29.3 Å². The number of aryl methyl sites for hydroxylation is 1. The van der Waals surface area contributed by atoms with Gasteiger partial charge < -0.3 is 10.4 Å². The van der Waals surface area contributed by atoms with Gasteiger partial charge in [-0.05, 0) is 25.0 Å². The first-order valence-corrected chi connectivity index (χ1v) is 5.16. The standard InChI is InChI=1S/C12H17NO2/c1-3-10(8-14)13-12(15)11-7-5-4-6-9(11)2/h4-7,10,14H,3,8H2,1-2H3,(H,13,15). The van der Waals surface area contributed by atoms with E-state index in [0.29, 0.717) is 5.56 Å². The fourth-order valence-corrected chi connectivity index (χ4v) is 1.37. The van der Waals surface area contributed by atoms with Gasteiger partial charge in [-0.2, -0.15) is 0 Å². The van der Waals surface area contributed by atoms with Gasteiger partial charge in [0.05, 0.1) is 12.6 Å². The van der Waals surface area contributed by atoms with E-state index in [4.69, 9.17) is 5.11 Å². The fourth-order valence-electron chi connectivity index (χ4n) is 1.37. The Labute approximate surface area is 90.1 Å². The first kappa shape index (κ1) is 11.7.